The Balaban J connectivity index is 2.29. The van der Waals surface area contributed by atoms with Gasteiger partial charge in [0.05, 0.1) is 5.92 Å². The third-order valence-corrected chi connectivity index (χ3v) is 3.66. The maximum Gasteiger partial charge on any atom is 0.226 e. The minimum atomic E-state index is 0.0339. The lowest BCUT2D eigenvalue weighted by molar-refractivity contribution is -0.135. The van der Waals surface area contributed by atoms with Gasteiger partial charge in [0.2, 0.25) is 5.91 Å². The summed E-state index contributed by atoms with van der Waals surface area (Å²) in [6, 6.07) is 0.0520. The van der Waals surface area contributed by atoms with E-state index in [1.54, 1.807) is 0 Å². The molecule has 1 aliphatic rings. The van der Waals surface area contributed by atoms with E-state index < -0.39 is 0 Å². The quantitative estimate of drug-likeness (QED) is 0.686. The highest BCUT2D eigenvalue weighted by atomic mass is 16.2. The van der Waals surface area contributed by atoms with Crippen LogP contribution in [0.4, 0.5) is 0 Å². The summed E-state index contributed by atoms with van der Waals surface area (Å²) in [5, 5.41) is 8.68. The molecule has 2 unspecified atom stereocenters. The molecule has 4 heteroatoms. The normalized spacial score (nSPS) is 24.6. The largest absolute Gasteiger partial charge is 0.396 e. The van der Waals surface area contributed by atoms with E-state index in [4.69, 9.17) is 10.8 Å². The summed E-state index contributed by atoms with van der Waals surface area (Å²) >= 11 is 0. The fourth-order valence-electron chi connectivity index (χ4n) is 2.50. The second kappa shape index (κ2) is 7.67. The fraction of sp³-hybridized carbons (Fsp3) is 0.923. The van der Waals surface area contributed by atoms with Crippen LogP contribution in [-0.2, 0) is 4.79 Å². The van der Waals surface area contributed by atoms with Crippen LogP contribution in [0.5, 0.6) is 0 Å². The van der Waals surface area contributed by atoms with Crippen molar-refractivity contribution in [1.29, 1.82) is 0 Å². The molecular weight excluding hydrogens is 216 g/mol. The van der Waals surface area contributed by atoms with E-state index in [0.29, 0.717) is 0 Å². The first-order valence-electron chi connectivity index (χ1n) is 6.78. The molecule has 0 bridgehead atoms. The molecule has 1 aliphatic carbocycles. The summed E-state index contributed by atoms with van der Waals surface area (Å²) in [5.41, 5.74) is 6.01. The van der Waals surface area contributed by atoms with E-state index >= 15 is 0 Å². The molecule has 2 atom stereocenters. The Morgan fingerprint density at radius 3 is 2.65 bits per heavy atom. The Hall–Kier alpha value is -0.610. The van der Waals surface area contributed by atoms with Gasteiger partial charge in [-0.1, -0.05) is 12.8 Å². The van der Waals surface area contributed by atoms with E-state index in [9.17, 15) is 4.79 Å². The molecule has 1 saturated carbocycles. The van der Waals surface area contributed by atoms with Gasteiger partial charge in [-0.15, -0.1) is 0 Å². The Labute approximate surface area is 104 Å². The van der Waals surface area contributed by atoms with Crippen molar-refractivity contribution in [1.82, 2.24) is 4.90 Å². The van der Waals surface area contributed by atoms with Crippen molar-refractivity contribution in [3.8, 4) is 0 Å². The van der Waals surface area contributed by atoms with Gasteiger partial charge in [-0.2, -0.15) is 0 Å². The van der Waals surface area contributed by atoms with E-state index in [1.165, 1.54) is 0 Å². The van der Waals surface area contributed by atoms with Gasteiger partial charge in [0.25, 0.3) is 0 Å². The monoisotopic (exact) mass is 242 g/mol. The molecule has 0 aromatic heterocycles. The zero-order chi connectivity index (χ0) is 12.7. The number of hydrogen-bond acceptors (Lipinski definition) is 3. The third-order valence-electron chi connectivity index (χ3n) is 3.66. The lowest BCUT2D eigenvalue weighted by atomic mass is 9.84. The Morgan fingerprint density at radius 2 is 2.00 bits per heavy atom. The van der Waals surface area contributed by atoms with Crippen molar-refractivity contribution >= 4 is 5.91 Å². The lowest BCUT2D eigenvalue weighted by Crippen LogP contribution is -2.44. The number of carbonyl (C=O) groups excluding carboxylic acids is 1. The van der Waals surface area contributed by atoms with Gasteiger partial charge < -0.3 is 15.7 Å². The number of nitrogens with two attached hydrogens (primary N) is 1. The summed E-state index contributed by atoms with van der Waals surface area (Å²) < 4.78 is 0. The molecular formula is C13H26N2O2. The zero-order valence-corrected chi connectivity index (χ0v) is 10.9. The molecule has 0 radical (unpaired) electrons. The van der Waals surface area contributed by atoms with Crippen LogP contribution in [0.25, 0.3) is 0 Å². The van der Waals surface area contributed by atoms with Gasteiger partial charge in [0.15, 0.2) is 0 Å². The number of carbonyl (C=O) groups is 1. The number of amides is 1. The van der Waals surface area contributed by atoms with Crippen molar-refractivity contribution < 1.29 is 9.90 Å². The molecule has 0 spiro atoms. The maximum absolute atomic E-state index is 12.2. The van der Waals surface area contributed by atoms with Crippen LogP contribution < -0.4 is 5.73 Å². The summed E-state index contributed by atoms with van der Waals surface area (Å²) in [6.07, 6.45) is 6.98. The molecule has 1 rings (SSSR count). The first kappa shape index (κ1) is 14.5. The molecule has 0 aromatic rings. The SMILES string of the molecule is CN(CCCCCO)C(=O)C1CCCCC1N. The average Bonchev–Trinajstić information content (AvgIpc) is 2.34. The molecule has 0 heterocycles. The second-order valence-electron chi connectivity index (χ2n) is 5.10. The van der Waals surface area contributed by atoms with Gasteiger partial charge in [0.1, 0.15) is 0 Å². The standard InChI is InChI=1S/C13H26N2O2/c1-15(9-5-2-6-10-16)13(17)11-7-3-4-8-12(11)14/h11-12,16H,2-10,14H2,1H3. The Kier molecular flexibility index (Phi) is 6.52. The van der Waals surface area contributed by atoms with Crippen LogP contribution in [0.1, 0.15) is 44.9 Å². The van der Waals surface area contributed by atoms with Crippen LogP contribution in [0.2, 0.25) is 0 Å². The molecule has 3 N–H and O–H groups in total. The van der Waals surface area contributed by atoms with Crippen LogP contribution >= 0.6 is 0 Å². The van der Waals surface area contributed by atoms with Crippen LogP contribution in [0, 0.1) is 5.92 Å². The van der Waals surface area contributed by atoms with Crippen molar-refractivity contribution in [3.05, 3.63) is 0 Å². The summed E-state index contributed by atoms with van der Waals surface area (Å²) in [5.74, 6) is 0.243. The van der Waals surface area contributed by atoms with Crippen molar-refractivity contribution in [3.63, 3.8) is 0 Å². The highest BCUT2D eigenvalue weighted by molar-refractivity contribution is 5.79. The molecule has 17 heavy (non-hydrogen) atoms. The summed E-state index contributed by atoms with van der Waals surface area (Å²) in [4.78, 5) is 14.0. The highest BCUT2D eigenvalue weighted by Gasteiger charge is 2.29. The lowest BCUT2D eigenvalue weighted by Gasteiger charge is -2.31. The molecule has 1 fully saturated rings. The van der Waals surface area contributed by atoms with Gasteiger partial charge in [-0.05, 0) is 32.1 Å². The van der Waals surface area contributed by atoms with Crippen molar-refractivity contribution in [2.45, 2.75) is 51.0 Å². The smallest absolute Gasteiger partial charge is 0.226 e. The third kappa shape index (κ3) is 4.64. The Morgan fingerprint density at radius 1 is 1.29 bits per heavy atom. The minimum absolute atomic E-state index is 0.0339. The number of aliphatic hydroxyl groups excluding tert-OH is 1. The number of unbranched alkanes of at least 4 members (excludes halogenated alkanes) is 2. The van der Waals surface area contributed by atoms with Crippen molar-refractivity contribution in [2.75, 3.05) is 20.2 Å². The summed E-state index contributed by atoms with van der Waals surface area (Å²) in [6.45, 7) is 1.02. The van der Waals surface area contributed by atoms with E-state index in [2.05, 4.69) is 0 Å². The zero-order valence-electron chi connectivity index (χ0n) is 10.9. The number of nitrogens with zero attached hydrogens (tertiary/aromatic N) is 1. The average molecular weight is 242 g/mol. The van der Waals surface area contributed by atoms with Gasteiger partial charge in [-0.3, -0.25) is 4.79 Å². The number of rotatable bonds is 6. The van der Waals surface area contributed by atoms with E-state index in [-0.39, 0.29) is 24.5 Å². The van der Waals surface area contributed by atoms with Crippen molar-refractivity contribution in [2.24, 2.45) is 11.7 Å². The minimum Gasteiger partial charge on any atom is -0.396 e. The highest BCUT2D eigenvalue weighted by Crippen LogP contribution is 2.24. The molecule has 0 aliphatic heterocycles. The van der Waals surface area contributed by atoms with Crippen LogP contribution in [-0.4, -0.2) is 42.2 Å². The van der Waals surface area contributed by atoms with Crippen LogP contribution in [0.15, 0.2) is 0 Å². The molecule has 1 amide bonds. The first-order valence-corrected chi connectivity index (χ1v) is 6.78. The molecule has 0 aromatic carbocycles. The second-order valence-corrected chi connectivity index (χ2v) is 5.10. The summed E-state index contributed by atoms with van der Waals surface area (Å²) in [7, 11) is 1.86. The predicted octanol–water partition coefficient (Wildman–Crippen LogP) is 1.12. The number of aliphatic hydroxyl groups is 1. The maximum atomic E-state index is 12.2. The number of hydrogen-bond donors (Lipinski definition) is 2. The Bertz CT molecular complexity index is 233. The first-order chi connectivity index (χ1) is 8.16. The predicted molar refractivity (Wildman–Crippen MR) is 68.5 cm³/mol. The molecule has 100 valence electrons. The topological polar surface area (TPSA) is 66.6 Å². The van der Waals surface area contributed by atoms with Crippen LogP contribution in [0.3, 0.4) is 0 Å². The molecule has 0 saturated heterocycles. The van der Waals surface area contributed by atoms with E-state index in [1.807, 2.05) is 11.9 Å². The van der Waals surface area contributed by atoms with Gasteiger partial charge in [-0.25, -0.2) is 0 Å². The van der Waals surface area contributed by atoms with Gasteiger partial charge >= 0.3 is 0 Å². The van der Waals surface area contributed by atoms with E-state index in [0.717, 1.165) is 51.5 Å². The van der Waals surface area contributed by atoms with Gasteiger partial charge in [0, 0.05) is 26.2 Å². The molecule has 4 nitrogen and oxygen atoms in total. The fourth-order valence-corrected chi connectivity index (χ4v) is 2.50.